The molecule has 29 heavy (non-hydrogen) atoms. The SMILES string of the molecule is CCc1ccccccc(C(=O)C2CCCN(CC3CC3)C2)cc1CNC(C)=O. The molecule has 0 aromatic heterocycles. The summed E-state index contributed by atoms with van der Waals surface area (Å²) in [5.41, 5.74) is 2.89. The molecule has 2 fully saturated rings. The van der Waals surface area contributed by atoms with Crippen molar-refractivity contribution in [3.05, 3.63) is 59.2 Å². The lowest BCUT2D eigenvalue weighted by Crippen LogP contribution is -2.39. The van der Waals surface area contributed by atoms with Crippen LogP contribution in [-0.2, 0) is 17.8 Å². The largest absolute Gasteiger partial charge is 0.352 e. The van der Waals surface area contributed by atoms with E-state index in [1.54, 1.807) is 0 Å². The highest BCUT2D eigenvalue weighted by atomic mass is 16.1. The predicted octanol–water partition coefficient (Wildman–Crippen LogP) is 4.31. The zero-order valence-electron chi connectivity index (χ0n) is 17.8. The number of piperidine rings is 1. The maximum atomic E-state index is 13.4. The molecule has 0 bridgehead atoms. The van der Waals surface area contributed by atoms with E-state index in [-0.39, 0.29) is 17.6 Å². The van der Waals surface area contributed by atoms with E-state index in [9.17, 15) is 9.59 Å². The van der Waals surface area contributed by atoms with E-state index in [4.69, 9.17) is 0 Å². The van der Waals surface area contributed by atoms with Gasteiger partial charge in [0.15, 0.2) is 5.78 Å². The van der Waals surface area contributed by atoms with Crippen molar-refractivity contribution in [1.82, 2.24) is 10.2 Å². The molecular formula is C25H34N2O2. The second kappa shape index (κ2) is 10.5. The van der Waals surface area contributed by atoms with Gasteiger partial charge in [-0.1, -0.05) is 43.3 Å². The number of rotatable bonds is 7. The van der Waals surface area contributed by atoms with Crippen LogP contribution >= 0.6 is 0 Å². The molecule has 1 amide bonds. The van der Waals surface area contributed by atoms with Crippen LogP contribution in [0.25, 0.3) is 0 Å². The van der Waals surface area contributed by atoms with Crippen molar-refractivity contribution in [3.63, 3.8) is 0 Å². The Kier molecular flexibility index (Phi) is 7.82. The van der Waals surface area contributed by atoms with Gasteiger partial charge in [-0.3, -0.25) is 9.59 Å². The standard InChI is InChI=1S/C25H34N2O2/c1-3-21-9-6-4-5-7-10-22(15-24(21)16-26-19(2)28)25(29)23-11-8-14-27(18-23)17-20-12-13-20/h4-7,9-10,15,20,23H,3,8,11-14,16-18H2,1-2H3,(H,26,28). The monoisotopic (exact) mass is 394 g/mol. The van der Waals surface area contributed by atoms with Gasteiger partial charge in [0, 0.05) is 38.0 Å². The first-order chi connectivity index (χ1) is 14.1. The number of likely N-dealkylation sites (tertiary alicyclic amines) is 1. The zero-order chi connectivity index (χ0) is 20.6. The van der Waals surface area contributed by atoms with Gasteiger partial charge < -0.3 is 10.2 Å². The summed E-state index contributed by atoms with van der Waals surface area (Å²) in [7, 11) is 0. The number of nitrogens with zero attached hydrogens (tertiary/aromatic N) is 1. The van der Waals surface area contributed by atoms with Gasteiger partial charge in [-0.05, 0) is 61.8 Å². The highest BCUT2D eigenvalue weighted by Crippen LogP contribution is 2.31. The van der Waals surface area contributed by atoms with Crippen molar-refractivity contribution in [1.29, 1.82) is 0 Å². The van der Waals surface area contributed by atoms with Crippen LogP contribution in [0.1, 0.15) is 61.0 Å². The van der Waals surface area contributed by atoms with Gasteiger partial charge in [0.1, 0.15) is 0 Å². The summed E-state index contributed by atoms with van der Waals surface area (Å²) in [5, 5.41) is 2.90. The van der Waals surface area contributed by atoms with Crippen molar-refractivity contribution >= 4 is 11.7 Å². The summed E-state index contributed by atoms with van der Waals surface area (Å²) in [4.78, 5) is 27.4. The molecule has 156 valence electrons. The maximum Gasteiger partial charge on any atom is 0.217 e. The van der Waals surface area contributed by atoms with Crippen LogP contribution in [-0.4, -0.2) is 36.2 Å². The van der Waals surface area contributed by atoms with Gasteiger partial charge in [-0.15, -0.1) is 0 Å². The van der Waals surface area contributed by atoms with Gasteiger partial charge in [0.2, 0.25) is 5.91 Å². The van der Waals surface area contributed by atoms with E-state index in [2.05, 4.69) is 23.2 Å². The smallest absolute Gasteiger partial charge is 0.217 e. The lowest BCUT2D eigenvalue weighted by atomic mass is 9.89. The number of hydrogen-bond donors (Lipinski definition) is 1. The number of hydrogen-bond acceptors (Lipinski definition) is 3. The molecule has 0 radical (unpaired) electrons. The number of aryl methyl sites for hydroxylation is 1. The molecule has 1 aliphatic carbocycles. The maximum absolute atomic E-state index is 13.4. The van der Waals surface area contributed by atoms with Gasteiger partial charge in [-0.2, -0.15) is 0 Å². The van der Waals surface area contributed by atoms with Crippen LogP contribution in [0, 0.1) is 11.8 Å². The van der Waals surface area contributed by atoms with Gasteiger partial charge >= 0.3 is 0 Å². The number of amides is 1. The predicted molar refractivity (Wildman–Crippen MR) is 117 cm³/mol. The quantitative estimate of drug-likeness (QED) is 0.701. The Morgan fingerprint density at radius 3 is 2.52 bits per heavy atom. The average Bonchev–Trinajstić information content (AvgIpc) is 3.53. The van der Waals surface area contributed by atoms with Crippen molar-refractivity contribution in [2.45, 2.75) is 52.5 Å². The highest BCUT2D eigenvalue weighted by molar-refractivity contribution is 5.98. The normalized spacial score (nSPS) is 19.3. The van der Waals surface area contributed by atoms with Crippen molar-refractivity contribution in [2.75, 3.05) is 19.6 Å². The molecule has 1 saturated heterocycles. The lowest BCUT2D eigenvalue weighted by Gasteiger charge is -2.32. The van der Waals surface area contributed by atoms with E-state index in [1.807, 2.05) is 36.4 Å². The summed E-state index contributed by atoms with van der Waals surface area (Å²) in [6.07, 6.45) is 5.60. The topological polar surface area (TPSA) is 49.4 Å². The van der Waals surface area contributed by atoms with E-state index < -0.39 is 0 Å². The molecular weight excluding hydrogens is 360 g/mol. The van der Waals surface area contributed by atoms with Crippen LogP contribution < -0.4 is 5.32 Å². The Hall–Kier alpha value is -2.20. The van der Waals surface area contributed by atoms with Crippen LogP contribution in [0.2, 0.25) is 0 Å². The van der Waals surface area contributed by atoms with Crippen LogP contribution in [0.5, 0.6) is 0 Å². The van der Waals surface area contributed by atoms with Crippen molar-refractivity contribution in [2.24, 2.45) is 11.8 Å². The van der Waals surface area contributed by atoms with Crippen LogP contribution in [0.4, 0.5) is 0 Å². The first kappa shape index (κ1) is 21.5. The minimum Gasteiger partial charge on any atom is -0.352 e. The highest BCUT2D eigenvalue weighted by Gasteiger charge is 2.30. The molecule has 1 saturated carbocycles. The number of carbonyl (C=O) groups excluding carboxylic acids is 2. The van der Waals surface area contributed by atoms with Crippen molar-refractivity contribution in [3.8, 4) is 0 Å². The Bertz CT molecular complexity index is 784. The average molecular weight is 395 g/mol. The third-order valence-electron chi connectivity index (χ3n) is 5.93. The molecule has 1 aliphatic heterocycles. The summed E-state index contributed by atoms with van der Waals surface area (Å²) in [5.74, 6) is 1.09. The van der Waals surface area contributed by atoms with E-state index in [1.165, 1.54) is 19.8 Å². The van der Waals surface area contributed by atoms with Gasteiger partial charge in [0.25, 0.3) is 0 Å². The minimum atomic E-state index is -0.0614. The molecule has 1 aromatic carbocycles. The van der Waals surface area contributed by atoms with Crippen LogP contribution in [0.15, 0.2) is 42.5 Å². The van der Waals surface area contributed by atoms with E-state index in [0.29, 0.717) is 6.54 Å². The molecule has 1 unspecified atom stereocenters. The molecule has 0 spiro atoms. The Morgan fingerprint density at radius 1 is 1.07 bits per heavy atom. The molecule has 3 rings (SSSR count). The third-order valence-corrected chi connectivity index (χ3v) is 5.93. The molecule has 1 heterocycles. The summed E-state index contributed by atoms with van der Waals surface area (Å²) < 4.78 is 0. The zero-order valence-corrected chi connectivity index (χ0v) is 17.8. The molecule has 4 nitrogen and oxygen atoms in total. The Labute approximate surface area is 175 Å². The first-order valence-electron chi connectivity index (χ1n) is 11.0. The Balaban J connectivity index is 1.89. The van der Waals surface area contributed by atoms with Crippen LogP contribution in [0.3, 0.4) is 0 Å². The second-order valence-electron chi connectivity index (χ2n) is 8.42. The van der Waals surface area contributed by atoms with Crippen molar-refractivity contribution < 1.29 is 9.59 Å². The van der Waals surface area contributed by atoms with E-state index >= 15 is 0 Å². The lowest BCUT2D eigenvalue weighted by molar-refractivity contribution is -0.119. The number of nitrogens with one attached hydrogen (secondary N) is 1. The second-order valence-corrected chi connectivity index (χ2v) is 8.42. The summed E-state index contributed by atoms with van der Waals surface area (Å²) >= 11 is 0. The van der Waals surface area contributed by atoms with Gasteiger partial charge in [0.05, 0.1) is 0 Å². The number of Topliss-reactive ketones (excluding diaryl/α,β-unsaturated/α-hetero) is 1. The van der Waals surface area contributed by atoms with Gasteiger partial charge in [-0.25, -0.2) is 0 Å². The number of carbonyl (C=O) groups is 2. The first-order valence-corrected chi connectivity index (χ1v) is 11.0. The summed E-state index contributed by atoms with van der Waals surface area (Å²) in [6.45, 7) is 7.22. The fourth-order valence-corrected chi connectivity index (χ4v) is 4.11. The molecule has 1 aromatic rings. The molecule has 4 heteroatoms. The molecule has 2 aliphatic rings. The molecule has 1 N–H and O–H groups in total. The number of ketones is 1. The summed E-state index contributed by atoms with van der Waals surface area (Å²) in [6, 6.07) is 13.9. The fourth-order valence-electron chi connectivity index (χ4n) is 4.11. The minimum absolute atomic E-state index is 0.0614. The Morgan fingerprint density at radius 2 is 1.83 bits per heavy atom. The fraction of sp³-hybridized carbons (Fsp3) is 0.520. The third kappa shape index (κ3) is 6.67. The van der Waals surface area contributed by atoms with E-state index in [0.717, 1.165) is 61.5 Å². The molecule has 1 atom stereocenters.